The van der Waals surface area contributed by atoms with Crippen molar-refractivity contribution in [1.29, 1.82) is 0 Å². The van der Waals surface area contributed by atoms with E-state index in [9.17, 15) is 4.79 Å². The third-order valence-electron chi connectivity index (χ3n) is 1.53. The van der Waals surface area contributed by atoms with Crippen molar-refractivity contribution in [2.24, 2.45) is 0 Å². The molecule has 1 aromatic heterocycles. The van der Waals surface area contributed by atoms with Gasteiger partial charge in [-0.15, -0.1) is 0 Å². The molecule has 0 aliphatic heterocycles. The Bertz CT molecular complexity index is 433. The molecule has 0 unspecified atom stereocenters. The van der Waals surface area contributed by atoms with E-state index < -0.39 is 0 Å². The van der Waals surface area contributed by atoms with Crippen LogP contribution in [0.3, 0.4) is 0 Å². The fraction of sp³-hybridized carbons (Fsp3) is 0. The zero-order valence-electron chi connectivity index (χ0n) is 5.78. The van der Waals surface area contributed by atoms with Gasteiger partial charge in [-0.1, -0.05) is 18.2 Å². The third-order valence-corrected chi connectivity index (χ3v) is 1.53. The van der Waals surface area contributed by atoms with Gasteiger partial charge in [0.25, 0.3) is 0 Å². The van der Waals surface area contributed by atoms with E-state index in [0.717, 1.165) is 5.39 Å². The van der Waals surface area contributed by atoms with Crippen LogP contribution in [0.25, 0.3) is 11.0 Å². The van der Waals surface area contributed by atoms with E-state index in [0.29, 0.717) is 5.58 Å². The summed E-state index contributed by atoms with van der Waals surface area (Å²) in [5.74, 6) is 0. The molecule has 2 aromatic rings. The first-order chi connectivity index (χ1) is 5.36. The summed E-state index contributed by atoms with van der Waals surface area (Å²) in [5.41, 5.74) is 0.337. The molecule has 0 saturated heterocycles. The van der Waals surface area contributed by atoms with Gasteiger partial charge in [0.15, 0.2) is 0 Å². The average molecular weight is 170 g/mol. The van der Waals surface area contributed by atoms with Crippen molar-refractivity contribution in [3.63, 3.8) is 0 Å². The molecule has 0 radical (unpaired) electrons. The van der Waals surface area contributed by atoms with Crippen LogP contribution in [0.5, 0.6) is 0 Å². The maximum atomic E-state index is 10.7. The summed E-state index contributed by atoms with van der Waals surface area (Å²) in [4.78, 5) is 10.7. The van der Waals surface area contributed by atoms with E-state index in [2.05, 4.69) is 0 Å². The Hall–Kier alpha value is -0.570. The first kappa shape index (κ1) is 9.52. The first-order valence-corrected chi connectivity index (χ1v) is 3.35. The van der Waals surface area contributed by atoms with E-state index in [1.807, 2.05) is 18.2 Å². The Kier molecular flexibility index (Phi) is 3.09. The molecule has 0 fully saturated rings. The Morgan fingerprint density at radius 1 is 1.00 bits per heavy atom. The van der Waals surface area contributed by atoms with Crippen LogP contribution < -0.4 is 5.63 Å². The molecule has 2 nitrogen and oxygen atoms in total. The molecule has 3 heteroatoms. The van der Waals surface area contributed by atoms with Crippen LogP contribution in [0.1, 0.15) is 0 Å². The zero-order chi connectivity index (χ0) is 7.68. The first-order valence-electron chi connectivity index (χ1n) is 3.35. The Balaban J connectivity index is 0.000000720. The molecule has 12 heavy (non-hydrogen) atoms. The maximum absolute atomic E-state index is 10.7. The number of rotatable bonds is 0. The number of hydrogen-bond donors (Lipinski definition) is 0. The molecule has 0 aliphatic carbocycles. The monoisotopic (exact) mass is 170 g/mol. The molecule has 1 heterocycles. The van der Waals surface area contributed by atoms with Crippen molar-refractivity contribution < 1.29 is 4.42 Å². The predicted octanol–water partition coefficient (Wildman–Crippen LogP) is 1.14. The van der Waals surface area contributed by atoms with Gasteiger partial charge in [0.05, 0.1) is 0 Å². The number of para-hydroxylation sites is 1. The molecule has 1 aromatic carbocycles. The van der Waals surface area contributed by atoms with Gasteiger partial charge in [0.2, 0.25) is 0 Å². The van der Waals surface area contributed by atoms with Crippen LogP contribution in [0.15, 0.2) is 45.6 Å². The predicted molar refractivity (Wildman–Crippen MR) is 49.6 cm³/mol. The molecule has 0 amide bonds. The van der Waals surface area contributed by atoms with Crippen molar-refractivity contribution in [3.05, 3.63) is 46.8 Å². The van der Waals surface area contributed by atoms with Crippen molar-refractivity contribution in [2.45, 2.75) is 0 Å². The van der Waals surface area contributed by atoms with Crippen molar-refractivity contribution in [2.75, 3.05) is 0 Å². The molecular weight excluding hydrogens is 163 g/mol. The fourth-order valence-corrected chi connectivity index (χ4v) is 1.01. The van der Waals surface area contributed by atoms with Gasteiger partial charge >= 0.3 is 35.2 Å². The summed E-state index contributed by atoms with van der Waals surface area (Å²) in [7, 11) is 0. The van der Waals surface area contributed by atoms with E-state index >= 15 is 0 Å². The molecule has 0 spiro atoms. The number of benzene rings is 1. The van der Waals surface area contributed by atoms with E-state index in [1.54, 1.807) is 12.1 Å². The topological polar surface area (TPSA) is 30.2 Å². The second kappa shape index (κ2) is 3.90. The van der Waals surface area contributed by atoms with Crippen molar-refractivity contribution in [3.8, 4) is 0 Å². The minimum absolute atomic E-state index is 0. The van der Waals surface area contributed by atoms with E-state index in [-0.39, 0.29) is 35.2 Å². The van der Waals surface area contributed by atoms with Gasteiger partial charge in [-0.2, -0.15) is 0 Å². The summed E-state index contributed by atoms with van der Waals surface area (Å²) in [6, 6.07) is 10.6. The average Bonchev–Trinajstić information content (AvgIpc) is 2.04. The standard InChI is InChI=1S/C9H6O2.Na.H/c10-9-6-5-7-3-1-2-4-8(7)11-9;;/h1-6H;;. The zero-order valence-corrected chi connectivity index (χ0v) is 5.78. The Morgan fingerprint density at radius 2 is 1.75 bits per heavy atom. The van der Waals surface area contributed by atoms with Gasteiger partial charge in [-0.3, -0.25) is 0 Å². The quantitative estimate of drug-likeness (QED) is 0.438. The molecule has 0 atom stereocenters. The van der Waals surface area contributed by atoms with Gasteiger partial charge in [-0.25, -0.2) is 4.79 Å². The molecule has 56 valence electrons. The summed E-state index contributed by atoms with van der Waals surface area (Å²) in [6.07, 6.45) is 0. The molecule has 0 N–H and O–H groups in total. The molecule has 0 bridgehead atoms. The van der Waals surface area contributed by atoms with E-state index in [1.165, 1.54) is 6.07 Å². The van der Waals surface area contributed by atoms with Gasteiger partial charge in [0, 0.05) is 11.5 Å². The van der Waals surface area contributed by atoms with Gasteiger partial charge in [0.1, 0.15) is 5.58 Å². The fourth-order valence-electron chi connectivity index (χ4n) is 1.01. The number of hydrogen-bond acceptors (Lipinski definition) is 2. The van der Waals surface area contributed by atoms with Crippen molar-refractivity contribution in [1.82, 2.24) is 0 Å². The van der Waals surface area contributed by atoms with Crippen LogP contribution in [0.4, 0.5) is 0 Å². The van der Waals surface area contributed by atoms with Crippen LogP contribution >= 0.6 is 0 Å². The summed E-state index contributed by atoms with van der Waals surface area (Å²) < 4.78 is 4.91. The van der Waals surface area contributed by atoms with Crippen molar-refractivity contribution >= 4 is 40.5 Å². The number of fused-ring (bicyclic) bond motifs is 1. The Labute approximate surface area is 91.5 Å². The molecule has 2 rings (SSSR count). The minimum atomic E-state index is -0.302. The SMILES string of the molecule is O=c1ccc2ccccc2o1.[NaH]. The Morgan fingerprint density at radius 3 is 2.58 bits per heavy atom. The molecule has 0 saturated carbocycles. The van der Waals surface area contributed by atoms with Crippen LogP contribution in [-0.4, -0.2) is 29.6 Å². The van der Waals surface area contributed by atoms with Crippen LogP contribution in [-0.2, 0) is 0 Å². The summed E-state index contributed by atoms with van der Waals surface area (Å²) in [5, 5.41) is 0.951. The van der Waals surface area contributed by atoms with Gasteiger partial charge in [-0.05, 0) is 12.1 Å². The van der Waals surface area contributed by atoms with E-state index in [4.69, 9.17) is 4.42 Å². The van der Waals surface area contributed by atoms with Gasteiger partial charge < -0.3 is 4.42 Å². The van der Waals surface area contributed by atoms with Crippen LogP contribution in [0, 0.1) is 0 Å². The summed E-state index contributed by atoms with van der Waals surface area (Å²) >= 11 is 0. The van der Waals surface area contributed by atoms with Crippen LogP contribution in [0.2, 0.25) is 0 Å². The third kappa shape index (κ3) is 1.78. The summed E-state index contributed by atoms with van der Waals surface area (Å²) in [6.45, 7) is 0. The normalized spacial score (nSPS) is 9.33. The molecule has 0 aliphatic rings. The second-order valence-corrected chi connectivity index (χ2v) is 2.29. The second-order valence-electron chi connectivity index (χ2n) is 2.29. The molecular formula is C9H7NaO2.